The van der Waals surface area contributed by atoms with Crippen LogP contribution in [0, 0.1) is 0 Å². The zero-order chi connectivity index (χ0) is 13.9. The minimum absolute atomic E-state index is 0.161. The van der Waals surface area contributed by atoms with Gasteiger partial charge in [0, 0.05) is 11.8 Å². The topological polar surface area (TPSA) is 73.4 Å². The summed E-state index contributed by atoms with van der Waals surface area (Å²) in [7, 11) is 1.39. The van der Waals surface area contributed by atoms with E-state index in [4.69, 9.17) is 0 Å². The number of oxime groups is 1. The molecule has 0 bridgehead atoms. The molecule has 0 atom stereocenters. The van der Waals surface area contributed by atoms with E-state index in [1.165, 1.54) is 25.6 Å². The molecule has 2 rings (SSSR count). The van der Waals surface area contributed by atoms with Crippen molar-refractivity contribution in [2.75, 3.05) is 7.11 Å². The molecule has 0 radical (unpaired) electrons. The van der Waals surface area contributed by atoms with Gasteiger partial charge in [0.15, 0.2) is 0 Å². The molecule has 0 spiro atoms. The molecule has 6 nitrogen and oxygen atoms in total. The molecule has 0 saturated carbocycles. The molecule has 0 aliphatic rings. The summed E-state index contributed by atoms with van der Waals surface area (Å²) in [6.45, 7) is 0. The van der Waals surface area contributed by atoms with Crippen molar-refractivity contribution in [2.45, 2.75) is 6.18 Å². The Morgan fingerprint density at radius 3 is 2.68 bits per heavy atom. The van der Waals surface area contributed by atoms with E-state index in [-0.39, 0.29) is 11.5 Å². The summed E-state index contributed by atoms with van der Waals surface area (Å²) >= 11 is 0. The van der Waals surface area contributed by atoms with Gasteiger partial charge in [-0.05, 0) is 12.1 Å². The predicted molar refractivity (Wildman–Crippen MR) is 57.1 cm³/mol. The third-order valence-corrected chi connectivity index (χ3v) is 1.99. The Bertz CT molecular complexity index is 577. The van der Waals surface area contributed by atoms with Crippen molar-refractivity contribution in [3.63, 3.8) is 0 Å². The van der Waals surface area contributed by atoms with Crippen molar-refractivity contribution >= 4 is 6.21 Å². The van der Waals surface area contributed by atoms with Gasteiger partial charge < -0.3 is 9.36 Å². The molecule has 0 aromatic carbocycles. The van der Waals surface area contributed by atoms with Crippen LogP contribution in [0.2, 0.25) is 0 Å². The Labute approximate surface area is 104 Å². The lowest BCUT2D eigenvalue weighted by atomic mass is 10.2. The predicted octanol–water partition coefficient (Wildman–Crippen LogP) is 2.13. The van der Waals surface area contributed by atoms with Crippen LogP contribution in [0.1, 0.15) is 11.5 Å². The molecule has 0 unspecified atom stereocenters. The highest BCUT2D eigenvalue weighted by Crippen LogP contribution is 2.28. The van der Waals surface area contributed by atoms with Gasteiger partial charge in [0.1, 0.15) is 12.8 Å². The normalized spacial score (nSPS) is 12.0. The molecule has 9 heteroatoms. The van der Waals surface area contributed by atoms with Crippen LogP contribution in [0.25, 0.3) is 11.5 Å². The monoisotopic (exact) mass is 272 g/mol. The van der Waals surface area contributed by atoms with Crippen LogP contribution in [0.4, 0.5) is 13.2 Å². The molecule has 0 aliphatic carbocycles. The second-order valence-corrected chi connectivity index (χ2v) is 3.31. The number of halogens is 3. The van der Waals surface area contributed by atoms with Crippen LogP contribution in [0.15, 0.2) is 28.0 Å². The average Bonchev–Trinajstić information content (AvgIpc) is 2.86. The van der Waals surface area contributed by atoms with Gasteiger partial charge in [0.2, 0.25) is 5.82 Å². The van der Waals surface area contributed by atoms with Crippen molar-refractivity contribution in [3.8, 4) is 11.5 Å². The number of rotatable bonds is 3. The highest BCUT2D eigenvalue weighted by Gasteiger charge is 2.38. The Balaban J connectivity index is 2.23. The summed E-state index contributed by atoms with van der Waals surface area (Å²) in [5.41, 5.74) is 0.777. The van der Waals surface area contributed by atoms with Gasteiger partial charge in [0.05, 0.1) is 6.21 Å². The second kappa shape index (κ2) is 5.04. The number of nitrogens with zero attached hydrogens (tertiary/aromatic N) is 4. The van der Waals surface area contributed by atoms with Gasteiger partial charge in [-0.2, -0.15) is 18.2 Å². The third kappa shape index (κ3) is 3.06. The Morgan fingerprint density at radius 1 is 1.37 bits per heavy atom. The van der Waals surface area contributed by atoms with E-state index in [1.54, 1.807) is 6.07 Å². The number of alkyl halides is 3. The van der Waals surface area contributed by atoms with Crippen molar-refractivity contribution in [1.29, 1.82) is 0 Å². The van der Waals surface area contributed by atoms with Gasteiger partial charge in [-0.1, -0.05) is 10.3 Å². The maximum atomic E-state index is 12.3. The van der Waals surface area contributed by atoms with Crippen molar-refractivity contribution in [2.24, 2.45) is 5.16 Å². The summed E-state index contributed by atoms with van der Waals surface area (Å²) in [6.07, 6.45) is -1.88. The molecule has 2 heterocycles. The molecular weight excluding hydrogens is 265 g/mol. The van der Waals surface area contributed by atoms with Gasteiger partial charge in [0.25, 0.3) is 0 Å². The number of hydrogen-bond donors (Lipinski definition) is 0. The fourth-order valence-electron chi connectivity index (χ4n) is 1.17. The molecule has 2 aromatic heterocycles. The van der Waals surface area contributed by atoms with Crippen LogP contribution in [0.5, 0.6) is 0 Å². The largest absolute Gasteiger partial charge is 0.471 e. The summed E-state index contributed by atoms with van der Waals surface area (Å²) < 4.78 is 40.9. The maximum absolute atomic E-state index is 12.3. The van der Waals surface area contributed by atoms with Crippen molar-refractivity contribution < 1.29 is 22.5 Å². The second-order valence-electron chi connectivity index (χ2n) is 3.31. The quantitative estimate of drug-likeness (QED) is 0.632. The first-order valence-corrected chi connectivity index (χ1v) is 4.94. The molecule has 0 aliphatic heterocycles. The first-order chi connectivity index (χ1) is 9.00. The highest BCUT2D eigenvalue weighted by molar-refractivity contribution is 5.79. The lowest BCUT2D eigenvalue weighted by Crippen LogP contribution is -2.04. The van der Waals surface area contributed by atoms with E-state index in [1.807, 2.05) is 0 Å². The van der Waals surface area contributed by atoms with Gasteiger partial charge >= 0.3 is 12.1 Å². The molecule has 0 amide bonds. The van der Waals surface area contributed by atoms with Gasteiger partial charge in [-0.3, -0.25) is 4.98 Å². The van der Waals surface area contributed by atoms with Gasteiger partial charge in [-0.25, -0.2) is 0 Å². The zero-order valence-electron chi connectivity index (χ0n) is 9.55. The Kier molecular flexibility index (Phi) is 3.45. The minimum Gasteiger partial charge on any atom is -0.399 e. The molecular formula is C10H7F3N4O2. The molecule has 100 valence electrons. The minimum atomic E-state index is -4.67. The SMILES string of the molecule is CO/N=C\c1ccc(-c2noc(C(F)(F)F)n2)nc1. The van der Waals surface area contributed by atoms with E-state index in [0.717, 1.165) is 0 Å². The van der Waals surface area contributed by atoms with Crippen molar-refractivity contribution in [1.82, 2.24) is 15.1 Å². The first-order valence-electron chi connectivity index (χ1n) is 4.94. The van der Waals surface area contributed by atoms with Crippen LogP contribution < -0.4 is 0 Å². The fourth-order valence-corrected chi connectivity index (χ4v) is 1.17. The van der Waals surface area contributed by atoms with Crippen LogP contribution in [0.3, 0.4) is 0 Å². The maximum Gasteiger partial charge on any atom is 0.471 e. The highest BCUT2D eigenvalue weighted by atomic mass is 19.4. The Hall–Kier alpha value is -2.45. The molecule has 0 N–H and O–H groups in total. The van der Waals surface area contributed by atoms with Gasteiger partial charge in [-0.15, -0.1) is 0 Å². The summed E-state index contributed by atoms with van der Waals surface area (Å²) in [5, 5.41) is 6.74. The van der Waals surface area contributed by atoms with Crippen LogP contribution >= 0.6 is 0 Å². The smallest absolute Gasteiger partial charge is 0.399 e. The van der Waals surface area contributed by atoms with E-state index < -0.39 is 12.1 Å². The van der Waals surface area contributed by atoms with Crippen LogP contribution in [-0.2, 0) is 11.0 Å². The van der Waals surface area contributed by atoms with E-state index in [0.29, 0.717) is 5.56 Å². The number of pyridine rings is 1. The number of hydrogen-bond acceptors (Lipinski definition) is 6. The third-order valence-electron chi connectivity index (χ3n) is 1.99. The lowest BCUT2D eigenvalue weighted by Gasteiger charge is -1.96. The molecule has 0 fully saturated rings. The van der Waals surface area contributed by atoms with E-state index in [2.05, 4.69) is 29.6 Å². The van der Waals surface area contributed by atoms with Crippen LogP contribution in [-0.4, -0.2) is 28.4 Å². The molecule has 19 heavy (non-hydrogen) atoms. The lowest BCUT2D eigenvalue weighted by molar-refractivity contribution is -0.159. The fraction of sp³-hybridized carbons (Fsp3) is 0.200. The summed E-state index contributed by atoms with van der Waals surface area (Å²) in [5.74, 6) is -1.64. The number of aromatic nitrogens is 3. The van der Waals surface area contributed by atoms with E-state index >= 15 is 0 Å². The molecule has 0 saturated heterocycles. The Morgan fingerprint density at radius 2 is 2.16 bits per heavy atom. The average molecular weight is 272 g/mol. The first kappa shape index (κ1) is 13.0. The molecule has 2 aromatic rings. The van der Waals surface area contributed by atoms with E-state index in [9.17, 15) is 13.2 Å². The van der Waals surface area contributed by atoms with Crippen molar-refractivity contribution in [3.05, 3.63) is 29.8 Å². The zero-order valence-corrected chi connectivity index (χ0v) is 9.55. The standard InChI is InChI=1S/C10H7F3N4O2/c1-18-15-5-6-2-3-7(14-4-6)8-16-9(19-17-8)10(11,12)13/h2-5H,1H3/b15-5-. The summed E-state index contributed by atoms with van der Waals surface area (Å²) in [6, 6.07) is 3.02. The summed E-state index contributed by atoms with van der Waals surface area (Å²) in [4.78, 5) is 11.6.